The maximum atomic E-state index is 10.8. The SMILES string of the molecule is C=C=Nc1ncnc2c1ncn2[C@@H]1O[C@H](COP(=O)(O)O)[C@@H](O)[C@H]1O. The zero-order valence-corrected chi connectivity index (χ0v) is 13.5. The first kappa shape index (κ1) is 17.8. The fourth-order valence-corrected chi connectivity index (χ4v) is 2.79. The van der Waals surface area contributed by atoms with E-state index in [1.165, 1.54) is 17.2 Å². The highest BCUT2D eigenvalue weighted by Gasteiger charge is 2.45. The van der Waals surface area contributed by atoms with E-state index in [9.17, 15) is 14.8 Å². The number of hydrogen-bond acceptors (Lipinski definition) is 9. The molecule has 4 atom stereocenters. The number of aliphatic hydroxyl groups is 2. The summed E-state index contributed by atoms with van der Waals surface area (Å²) < 4.78 is 21.9. The van der Waals surface area contributed by atoms with Crippen LogP contribution in [0.1, 0.15) is 6.23 Å². The fraction of sp³-hybridized carbons (Fsp3) is 0.417. The molecular weight excluding hydrogens is 357 g/mol. The van der Waals surface area contributed by atoms with Gasteiger partial charge in [0, 0.05) is 0 Å². The molecule has 1 fully saturated rings. The molecule has 0 bridgehead atoms. The van der Waals surface area contributed by atoms with Gasteiger partial charge in [-0.1, -0.05) is 0 Å². The molecule has 1 aliphatic rings. The molecule has 1 aliphatic heterocycles. The summed E-state index contributed by atoms with van der Waals surface area (Å²) in [5.41, 5.74) is 0.579. The van der Waals surface area contributed by atoms with Crippen LogP contribution in [0.3, 0.4) is 0 Å². The standard InChI is InChI=1S/C12H14N5O7P/c1-2-13-10-7-11(15-4-14-10)17(5-16-7)12-9(19)8(18)6(24-12)3-23-25(20,21)22/h4-6,8-9,12,18-19H,1,3H2,(H2,20,21,22)/t6-,8-,9-,12-/m1/s1. The highest BCUT2D eigenvalue weighted by Crippen LogP contribution is 2.38. The Morgan fingerprint density at radius 2 is 2.12 bits per heavy atom. The number of hydrogen-bond donors (Lipinski definition) is 4. The summed E-state index contributed by atoms with van der Waals surface area (Å²) >= 11 is 0. The van der Waals surface area contributed by atoms with Gasteiger partial charge in [0.25, 0.3) is 0 Å². The first-order chi connectivity index (χ1) is 11.8. The zero-order valence-electron chi connectivity index (χ0n) is 12.6. The van der Waals surface area contributed by atoms with Crippen molar-refractivity contribution in [3.63, 3.8) is 0 Å². The average Bonchev–Trinajstić information content (AvgIpc) is 3.09. The van der Waals surface area contributed by atoms with Crippen LogP contribution in [0, 0.1) is 0 Å². The van der Waals surface area contributed by atoms with Crippen LogP contribution in [-0.4, -0.2) is 70.3 Å². The molecule has 0 spiro atoms. The average molecular weight is 371 g/mol. The number of aliphatic imine (C=N–C) groups is 1. The minimum absolute atomic E-state index is 0.216. The maximum absolute atomic E-state index is 10.8. The van der Waals surface area contributed by atoms with E-state index in [2.05, 4.69) is 36.9 Å². The summed E-state index contributed by atoms with van der Waals surface area (Å²) in [6, 6.07) is 0. The van der Waals surface area contributed by atoms with Gasteiger partial charge in [0.15, 0.2) is 23.2 Å². The molecule has 0 unspecified atom stereocenters. The molecule has 0 amide bonds. The van der Waals surface area contributed by atoms with E-state index in [-0.39, 0.29) is 11.5 Å². The van der Waals surface area contributed by atoms with Crippen molar-refractivity contribution in [3.05, 3.63) is 19.2 Å². The molecule has 13 heteroatoms. The lowest BCUT2D eigenvalue weighted by molar-refractivity contribution is -0.0504. The first-order valence-corrected chi connectivity index (χ1v) is 8.47. The van der Waals surface area contributed by atoms with E-state index in [0.29, 0.717) is 5.52 Å². The molecule has 0 saturated carbocycles. The predicted octanol–water partition coefficient (Wildman–Crippen LogP) is -0.958. The van der Waals surface area contributed by atoms with Gasteiger partial charge in [0.1, 0.15) is 24.6 Å². The Morgan fingerprint density at radius 1 is 1.36 bits per heavy atom. The number of ether oxygens (including phenoxy) is 1. The quantitative estimate of drug-likeness (QED) is 0.379. The number of imidazole rings is 1. The lowest BCUT2D eigenvalue weighted by Gasteiger charge is -2.16. The van der Waals surface area contributed by atoms with Crippen LogP contribution in [0.25, 0.3) is 11.2 Å². The van der Waals surface area contributed by atoms with E-state index in [4.69, 9.17) is 14.5 Å². The smallest absolute Gasteiger partial charge is 0.387 e. The number of aliphatic hydroxyl groups excluding tert-OH is 2. The van der Waals surface area contributed by atoms with Crippen molar-refractivity contribution >= 4 is 30.7 Å². The largest absolute Gasteiger partial charge is 0.469 e. The van der Waals surface area contributed by atoms with Crippen LogP contribution in [0.5, 0.6) is 0 Å². The van der Waals surface area contributed by atoms with Gasteiger partial charge >= 0.3 is 7.82 Å². The Bertz CT molecular complexity index is 876. The molecule has 3 rings (SSSR count). The van der Waals surface area contributed by atoms with Crippen molar-refractivity contribution in [3.8, 4) is 0 Å². The van der Waals surface area contributed by atoms with Crippen LogP contribution >= 0.6 is 7.82 Å². The Labute approximate surface area is 140 Å². The number of rotatable bonds is 5. The van der Waals surface area contributed by atoms with Gasteiger partial charge in [0.05, 0.1) is 12.9 Å². The Kier molecular flexibility index (Phi) is 4.78. The van der Waals surface area contributed by atoms with Crippen molar-refractivity contribution < 1.29 is 33.8 Å². The second-order valence-electron chi connectivity index (χ2n) is 5.12. The van der Waals surface area contributed by atoms with Crippen molar-refractivity contribution in [1.82, 2.24) is 19.5 Å². The highest BCUT2D eigenvalue weighted by atomic mass is 31.2. The summed E-state index contributed by atoms with van der Waals surface area (Å²) in [6.45, 7) is 2.75. The molecule has 2 aromatic rings. The Morgan fingerprint density at radius 3 is 2.80 bits per heavy atom. The van der Waals surface area contributed by atoms with Gasteiger partial charge < -0.3 is 24.7 Å². The topological polar surface area (TPSA) is 172 Å². The van der Waals surface area contributed by atoms with Crippen molar-refractivity contribution in [2.45, 2.75) is 24.5 Å². The number of phosphoric acid groups is 1. The normalized spacial score (nSPS) is 26.7. The summed E-state index contributed by atoms with van der Waals surface area (Å²) in [5.74, 6) is 2.55. The van der Waals surface area contributed by atoms with Gasteiger partial charge in [-0.2, -0.15) is 4.99 Å². The summed E-state index contributed by atoms with van der Waals surface area (Å²) in [5, 5.41) is 20.2. The van der Waals surface area contributed by atoms with Crippen LogP contribution in [-0.2, 0) is 13.8 Å². The van der Waals surface area contributed by atoms with Crippen LogP contribution < -0.4 is 0 Å². The lowest BCUT2D eigenvalue weighted by atomic mass is 10.1. The monoisotopic (exact) mass is 371 g/mol. The minimum Gasteiger partial charge on any atom is -0.387 e. The van der Waals surface area contributed by atoms with E-state index in [1.54, 1.807) is 0 Å². The summed E-state index contributed by atoms with van der Waals surface area (Å²) in [6.07, 6.45) is -2.54. The second-order valence-corrected chi connectivity index (χ2v) is 6.36. The van der Waals surface area contributed by atoms with Gasteiger partial charge in [0.2, 0.25) is 0 Å². The molecule has 1 saturated heterocycles. The molecule has 2 aromatic heterocycles. The molecule has 25 heavy (non-hydrogen) atoms. The minimum atomic E-state index is -4.74. The van der Waals surface area contributed by atoms with Crippen LogP contribution in [0.4, 0.5) is 5.82 Å². The van der Waals surface area contributed by atoms with Gasteiger partial charge in [-0.3, -0.25) is 9.09 Å². The molecule has 3 heterocycles. The molecule has 0 radical (unpaired) electrons. The Balaban J connectivity index is 1.89. The van der Waals surface area contributed by atoms with Crippen molar-refractivity contribution in [2.24, 2.45) is 4.99 Å². The third-order valence-electron chi connectivity index (χ3n) is 3.54. The van der Waals surface area contributed by atoms with Gasteiger partial charge in [-0.25, -0.2) is 19.5 Å². The van der Waals surface area contributed by atoms with Gasteiger partial charge in [-0.15, -0.1) is 0 Å². The number of aromatic nitrogens is 4. The van der Waals surface area contributed by atoms with Gasteiger partial charge in [-0.05, 0) is 12.4 Å². The second kappa shape index (κ2) is 6.71. The molecule has 0 aliphatic carbocycles. The molecular formula is C12H14N5O7P. The summed E-state index contributed by atoms with van der Waals surface area (Å²) in [4.78, 5) is 33.4. The zero-order chi connectivity index (χ0) is 18.2. The molecule has 12 nitrogen and oxygen atoms in total. The highest BCUT2D eigenvalue weighted by molar-refractivity contribution is 7.46. The first-order valence-electron chi connectivity index (χ1n) is 6.94. The van der Waals surface area contributed by atoms with E-state index in [0.717, 1.165) is 0 Å². The summed E-state index contributed by atoms with van der Waals surface area (Å²) in [7, 11) is -4.74. The van der Waals surface area contributed by atoms with E-state index >= 15 is 0 Å². The van der Waals surface area contributed by atoms with E-state index in [1.807, 2.05) is 0 Å². The molecule has 134 valence electrons. The molecule has 0 aromatic carbocycles. The number of fused-ring (bicyclic) bond motifs is 1. The van der Waals surface area contributed by atoms with Crippen molar-refractivity contribution in [2.75, 3.05) is 6.61 Å². The van der Waals surface area contributed by atoms with E-state index < -0.39 is 39.0 Å². The third kappa shape index (κ3) is 3.52. The number of phosphoric ester groups is 1. The lowest BCUT2D eigenvalue weighted by Crippen LogP contribution is -2.33. The van der Waals surface area contributed by atoms with Crippen LogP contribution in [0.15, 0.2) is 24.2 Å². The van der Waals surface area contributed by atoms with Crippen molar-refractivity contribution in [1.29, 1.82) is 0 Å². The molecule has 4 N–H and O–H groups in total. The maximum Gasteiger partial charge on any atom is 0.469 e. The fourth-order valence-electron chi connectivity index (χ4n) is 2.45. The third-order valence-corrected chi connectivity index (χ3v) is 4.03. The Hall–Kier alpha value is -2.01. The number of nitrogens with zero attached hydrogens (tertiary/aromatic N) is 5. The van der Waals surface area contributed by atoms with Crippen LogP contribution in [0.2, 0.25) is 0 Å². The predicted molar refractivity (Wildman–Crippen MR) is 82.0 cm³/mol.